The van der Waals surface area contributed by atoms with E-state index < -0.39 is 17.2 Å². The van der Waals surface area contributed by atoms with Crippen molar-refractivity contribution in [3.05, 3.63) is 59.3 Å². The third-order valence-corrected chi connectivity index (χ3v) is 6.51. The number of H-pyrrole nitrogens is 1. The zero-order valence-electron chi connectivity index (χ0n) is 15.9. The number of fused-ring (bicyclic) bond motifs is 1. The van der Waals surface area contributed by atoms with Gasteiger partial charge in [-0.3, -0.25) is 0 Å². The van der Waals surface area contributed by atoms with Gasteiger partial charge in [-0.05, 0) is 48.4 Å². The number of rotatable bonds is 4. The molecule has 6 heteroatoms. The Hall–Kier alpha value is -2.28. The molecule has 2 atom stereocenters. The molecule has 29 heavy (non-hydrogen) atoms. The van der Waals surface area contributed by atoms with Crippen LogP contribution in [0.15, 0.2) is 36.5 Å². The third-order valence-electron chi connectivity index (χ3n) is 6.51. The van der Waals surface area contributed by atoms with E-state index in [1.165, 1.54) is 6.07 Å². The number of benzene rings is 2. The molecule has 152 valence electrons. The van der Waals surface area contributed by atoms with E-state index in [2.05, 4.69) is 4.98 Å². The highest BCUT2D eigenvalue weighted by atomic mass is 19.1. The van der Waals surface area contributed by atoms with Gasteiger partial charge in [0, 0.05) is 17.5 Å². The Kier molecular flexibility index (Phi) is 4.46. The average Bonchev–Trinajstić information content (AvgIpc) is 3.33. The number of hydrogen-bond donors (Lipinski definition) is 3. The summed E-state index contributed by atoms with van der Waals surface area (Å²) in [5, 5.41) is 20.2. The van der Waals surface area contributed by atoms with Crippen molar-refractivity contribution in [3.8, 4) is 11.1 Å². The van der Waals surface area contributed by atoms with Crippen molar-refractivity contribution in [1.82, 2.24) is 4.98 Å². The van der Waals surface area contributed by atoms with Crippen molar-refractivity contribution in [2.24, 2.45) is 0 Å². The number of aromatic amines is 1. The van der Waals surface area contributed by atoms with E-state index >= 15 is 4.39 Å². The van der Waals surface area contributed by atoms with E-state index in [1.54, 1.807) is 30.5 Å². The second-order valence-electron chi connectivity index (χ2n) is 8.25. The lowest BCUT2D eigenvalue weighted by Crippen LogP contribution is -2.33. The van der Waals surface area contributed by atoms with Gasteiger partial charge in [0.15, 0.2) is 0 Å². The van der Waals surface area contributed by atoms with Gasteiger partial charge in [0.2, 0.25) is 0 Å². The molecule has 2 heterocycles. The highest BCUT2D eigenvalue weighted by Gasteiger charge is 2.36. The molecular formula is C23H23F2NO3. The fraction of sp³-hybridized carbons (Fsp3) is 0.391. The van der Waals surface area contributed by atoms with Crippen LogP contribution in [0.4, 0.5) is 8.78 Å². The Morgan fingerprint density at radius 3 is 2.55 bits per heavy atom. The summed E-state index contributed by atoms with van der Waals surface area (Å²) in [5.74, 6) is -1.28. The second-order valence-corrected chi connectivity index (χ2v) is 8.25. The summed E-state index contributed by atoms with van der Waals surface area (Å²) < 4.78 is 35.9. The van der Waals surface area contributed by atoms with E-state index in [1.807, 2.05) is 0 Å². The Labute approximate surface area is 167 Å². The minimum absolute atomic E-state index is 0.0519. The summed E-state index contributed by atoms with van der Waals surface area (Å²) in [6, 6.07) is 8.18. The van der Waals surface area contributed by atoms with Gasteiger partial charge in [-0.2, -0.15) is 0 Å². The minimum Gasteiger partial charge on any atom is -0.394 e. The Balaban J connectivity index is 1.56. The first-order valence-corrected chi connectivity index (χ1v) is 10.0. The number of hydrogen-bond acceptors (Lipinski definition) is 3. The van der Waals surface area contributed by atoms with Gasteiger partial charge >= 0.3 is 0 Å². The van der Waals surface area contributed by atoms with Crippen LogP contribution in [-0.4, -0.2) is 34.5 Å². The zero-order chi connectivity index (χ0) is 20.2. The molecule has 2 aromatic carbocycles. The van der Waals surface area contributed by atoms with Crippen molar-refractivity contribution < 1.29 is 23.7 Å². The first kappa shape index (κ1) is 18.7. The number of ether oxygens (including phenoxy) is 1. The van der Waals surface area contributed by atoms with E-state index in [-0.39, 0.29) is 24.2 Å². The largest absolute Gasteiger partial charge is 0.394 e. The molecule has 0 amide bonds. The molecule has 0 radical (unpaired) electrons. The monoisotopic (exact) mass is 399 g/mol. The Morgan fingerprint density at radius 1 is 1.17 bits per heavy atom. The molecule has 0 bridgehead atoms. The molecular weight excluding hydrogens is 376 g/mol. The standard InChI is InChI=1S/C23H23F2NO3/c24-18-9-19-21(17(10-26-19)14-8-16(11-27)29-12-14)22(25)20(18)13-2-4-15(5-3-13)23(28)6-1-7-23/h2-5,9-10,14,16,26-28H,1,6-8,11-12H2/t14-,16+/m1/s1. The number of nitrogens with one attached hydrogen (secondary N) is 1. The van der Waals surface area contributed by atoms with Crippen molar-refractivity contribution in [3.63, 3.8) is 0 Å². The van der Waals surface area contributed by atoms with Crippen LogP contribution in [-0.2, 0) is 10.3 Å². The van der Waals surface area contributed by atoms with Gasteiger partial charge in [-0.15, -0.1) is 0 Å². The lowest BCUT2D eigenvalue weighted by atomic mass is 9.75. The van der Waals surface area contributed by atoms with Crippen LogP contribution < -0.4 is 0 Å². The molecule has 3 N–H and O–H groups in total. The summed E-state index contributed by atoms with van der Waals surface area (Å²) in [6.45, 7) is 0.331. The molecule has 1 aliphatic heterocycles. The lowest BCUT2D eigenvalue weighted by Gasteiger charge is -2.37. The van der Waals surface area contributed by atoms with Crippen molar-refractivity contribution >= 4 is 10.9 Å². The van der Waals surface area contributed by atoms with Gasteiger partial charge in [0.05, 0.1) is 36.0 Å². The van der Waals surface area contributed by atoms with Gasteiger partial charge in [0.25, 0.3) is 0 Å². The molecule has 1 aromatic heterocycles. The van der Waals surface area contributed by atoms with Crippen LogP contribution in [0.3, 0.4) is 0 Å². The third kappa shape index (κ3) is 2.98. The topological polar surface area (TPSA) is 65.5 Å². The van der Waals surface area contributed by atoms with Crippen molar-refractivity contribution in [1.29, 1.82) is 0 Å². The first-order chi connectivity index (χ1) is 14.0. The summed E-state index contributed by atoms with van der Waals surface area (Å²) >= 11 is 0. The number of aliphatic hydroxyl groups excluding tert-OH is 1. The molecule has 1 aliphatic carbocycles. The second kappa shape index (κ2) is 6.90. The maximum Gasteiger partial charge on any atom is 0.143 e. The van der Waals surface area contributed by atoms with Crippen LogP contribution in [0.2, 0.25) is 0 Å². The summed E-state index contributed by atoms with van der Waals surface area (Å²) in [5.41, 5.74) is 1.51. The summed E-state index contributed by atoms with van der Waals surface area (Å²) in [4.78, 5) is 2.97. The lowest BCUT2D eigenvalue weighted by molar-refractivity contribution is -0.0387. The van der Waals surface area contributed by atoms with Crippen molar-refractivity contribution in [2.75, 3.05) is 13.2 Å². The highest BCUT2D eigenvalue weighted by molar-refractivity contribution is 5.89. The Bertz CT molecular complexity index is 1060. The number of aliphatic hydroxyl groups is 2. The molecule has 2 fully saturated rings. The first-order valence-electron chi connectivity index (χ1n) is 10.0. The molecule has 1 saturated heterocycles. The maximum atomic E-state index is 15.6. The molecule has 1 saturated carbocycles. The van der Waals surface area contributed by atoms with E-state index in [4.69, 9.17) is 4.74 Å². The minimum atomic E-state index is -0.806. The SMILES string of the molecule is OC[C@@H]1C[C@@H](c2c[nH]c3cc(F)c(-c4ccc(C5(O)CCC5)cc4)c(F)c23)CO1. The molecule has 0 spiro atoms. The smallest absolute Gasteiger partial charge is 0.143 e. The molecule has 3 aromatic rings. The van der Waals surface area contributed by atoms with E-state index in [9.17, 15) is 14.6 Å². The zero-order valence-corrected chi connectivity index (χ0v) is 15.9. The quantitative estimate of drug-likeness (QED) is 0.611. The van der Waals surface area contributed by atoms with Crippen LogP contribution in [0.5, 0.6) is 0 Å². The summed E-state index contributed by atoms with van der Waals surface area (Å²) in [7, 11) is 0. The number of halogens is 2. The van der Waals surface area contributed by atoms with Gasteiger partial charge in [0.1, 0.15) is 11.6 Å². The normalized spacial score (nSPS) is 23.4. The van der Waals surface area contributed by atoms with E-state index in [0.717, 1.165) is 17.5 Å². The van der Waals surface area contributed by atoms with Crippen LogP contribution in [0.1, 0.15) is 42.7 Å². The van der Waals surface area contributed by atoms with Gasteiger partial charge in [-0.1, -0.05) is 24.3 Å². The fourth-order valence-electron chi connectivity index (χ4n) is 4.63. The van der Waals surface area contributed by atoms with Gasteiger partial charge in [-0.25, -0.2) is 8.78 Å². The van der Waals surface area contributed by atoms with Crippen LogP contribution >= 0.6 is 0 Å². The highest BCUT2D eigenvalue weighted by Crippen LogP contribution is 2.42. The molecule has 0 unspecified atom stereocenters. The van der Waals surface area contributed by atoms with Crippen molar-refractivity contribution in [2.45, 2.75) is 43.3 Å². The predicted octanol–water partition coefficient (Wildman–Crippen LogP) is 4.35. The Morgan fingerprint density at radius 2 is 1.93 bits per heavy atom. The molecule has 5 rings (SSSR count). The maximum absolute atomic E-state index is 15.6. The molecule has 2 aliphatic rings. The average molecular weight is 399 g/mol. The molecule has 4 nitrogen and oxygen atoms in total. The van der Waals surface area contributed by atoms with Crippen LogP contribution in [0.25, 0.3) is 22.0 Å². The fourth-order valence-corrected chi connectivity index (χ4v) is 4.63. The van der Waals surface area contributed by atoms with Crippen LogP contribution in [0, 0.1) is 11.6 Å². The summed E-state index contributed by atoms with van der Waals surface area (Å²) in [6.07, 6.45) is 4.47. The number of aromatic nitrogens is 1. The predicted molar refractivity (Wildman–Crippen MR) is 106 cm³/mol. The van der Waals surface area contributed by atoms with Gasteiger partial charge < -0.3 is 19.9 Å². The van der Waals surface area contributed by atoms with E-state index in [0.29, 0.717) is 42.3 Å².